The molecule has 1 aliphatic carbocycles. The van der Waals surface area contributed by atoms with E-state index in [1.165, 1.54) is 6.42 Å². The first-order valence-electron chi connectivity index (χ1n) is 10.0. The second-order valence-electron chi connectivity index (χ2n) is 7.85. The molecule has 1 saturated carbocycles. The predicted octanol–water partition coefficient (Wildman–Crippen LogP) is 4.29. The summed E-state index contributed by atoms with van der Waals surface area (Å²) < 4.78 is 5.81. The van der Waals surface area contributed by atoms with Crippen LogP contribution in [0.3, 0.4) is 0 Å². The highest BCUT2D eigenvalue weighted by atomic mass is 16.3. The van der Waals surface area contributed by atoms with Crippen LogP contribution >= 0.6 is 0 Å². The molecule has 1 aromatic heterocycles. The summed E-state index contributed by atoms with van der Waals surface area (Å²) in [5, 5.41) is 2.95. The lowest BCUT2D eigenvalue weighted by Crippen LogP contribution is -2.40. The van der Waals surface area contributed by atoms with Crippen molar-refractivity contribution in [3.05, 3.63) is 60.1 Å². The lowest BCUT2D eigenvalue weighted by molar-refractivity contribution is -0.130. The minimum Gasteiger partial charge on any atom is -0.461 e. The van der Waals surface area contributed by atoms with Gasteiger partial charge in [0.05, 0.1) is 0 Å². The highest BCUT2D eigenvalue weighted by molar-refractivity contribution is 5.93. The Labute approximate surface area is 165 Å². The maximum Gasteiger partial charge on any atom is 0.246 e. The van der Waals surface area contributed by atoms with Gasteiger partial charge in [-0.2, -0.15) is 0 Å². The van der Waals surface area contributed by atoms with E-state index >= 15 is 0 Å². The Bertz CT molecular complexity index is 863. The second-order valence-corrected chi connectivity index (χ2v) is 7.85. The van der Waals surface area contributed by atoms with Crippen LogP contribution in [0.1, 0.15) is 43.6 Å². The molecule has 0 bridgehead atoms. The number of nitrogens with one attached hydrogen (secondary N) is 1. The molecular formula is C23H26N2O3. The molecule has 0 spiro atoms. The fraction of sp³-hybridized carbons (Fsp3) is 0.391. The molecule has 2 heterocycles. The van der Waals surface area contributed by atoms with Crippen molar-refractivity contribution < 1.29 is 14.0 Å². The van der Waals surface area contributed by atoms with Crippen molar-refractivity contribution >= 4 is 23.6 Å². The van der Waals surface area contributed by atoms with E-state index in [1.54, 1.807) is 17.1 Å². The highest BCUT2D eigenvalue weighted by Crippen LogP contribution is 2.47. The Hall–Kier alpha value is -2.82. The molecule has 146 valence electrons. The molecular weight excluding hydrogens is 352 g/mol. The van der Waals surface area contributed by atoms with Gasteiger partial charge in [-0.05, 0) is 55.5 Å². The van der Waals surface area contributed by atoms with Crippen LogP contribution in [0, 0.1) is 11.8 Å². The largest absolute Gasteiger partial charge is 0.461 e. The third-order valence-electron chi connectivity index (χ3n) is 5.73. The Balaban J connectivity index is 1.25. The van der Waals surface area contributed by atoms with Crippen LogP contribution in [0.15, 0.2) is 53.0 Å². The van der Waals surface area contributed by atoms with Crippen LogP contribution < -0.4 is 5.32 Å². The van der Waals surface area contributed by atoms with Gasteiger partial charge in [-0.15, -0.1) is 0 Å². The Kier molecular flexibility index (Phi) is 5.33. The van der Waals surface area contributed by atoms with Gasteiger partial charge in [0.2, 0.25) is 11.8 Å². The molecule has 2 fully saturated rings. The number of hydrogen-bond donors (Lipinski definition) is 1. The summed E-state index contributed by atoms with van der Waals surface area (Å²) in [5.41, 5.74) is 0.812. The average molecular weight is 378 g/mol. The van der Waals surface area contributed by atoms with Gasteiger partial charge in [-0.25, -0.2) is 0 Å². The molecule has 2 unspecified atom stereocenters. The monoisotopic (exact) mass is 378 g/mol. The minimum absolute atomic E-state index is 0.0281. The van der Waals surface area contributed by atoms with Crippen molar-refractivity contribution in [2.45, 2.75) is 32.1 Å². The van der Waals surface area contributed by atoms with Crippen molar-refractivity contribution in [1.29, 1.82) is 0 Å². The maximum absolute atomic E-state index is 12.4. The zero-order valence-corrected chi connectivity index (χ0v) is 16.1. The van der Waals surface area contributed by atoms with Gasteiger partial charge in [-0.1, -0.05) is 25.1 Å². The zero-order chi connectivity index (χ0) is 19.5. The van der Waals surface area contributed by atoms with E-state index in [4.69, 9.17) is 4.42 Å². The van der Waals surface area contributed by atoms with E-state index in [-0.39, 0.29) is 17.7 Å². The molecule has 28 heavy (non-hydrogen) atoms. The van der Waals surface area contributed by atoms with Crippen molar-refractivity contribution in [1.82, 2.24) is 4.90 Å². The third kappa shape index (κ3) is 4.35. The average Bonchev–Trinajstić information content (AvgIpc) is 3.26. The third-order valence-corrected chi connectivity index (χ3v) is 5.73. The standard InChI is InChI=1S/C23H26N2O3/c1-16-15-20(16)21-9-7-19(28-21)8-10-22(26)25-13-11-17(12-14-25)23(27)24-18-5-3-2-4-6-18/h2-10,16-17,20H,11-15H2,1H3,(H,24,27)/b10-8+. The predicted molar refractivity (Wildman–Crippen MR) is 109 cm³/mol. The van der Waals surface area contributed by atoms with Crippen LogP contribution in [-0.2, 0) is 9.59 Å². The van der Waals surface area contributed by atoms with Crippen molar-refractivity contribution in [2.24, 2.45) is 11.8 Å². The van der Waals surface area contributed by atoms with E-state index < -0.39 is 0 Å². The summed E-state index contributed by atoms with van der Waals surface area (Å²) >= 11 is 0. The van der Waals surface area contributed by atoms with E-state index in [0.717, 1.165) is 17.2 Å². The summed E-state index contributed by atoms with van der Waals surface area (Å²) in [4.78, 5) is 26.6. The molecule has 1 N–H and O–H groups in total. The molecule has 5 nitrogen and oxygen atoms in total. The number of anilines is 1. The zero-order valence-electron chi connectivity index (χ0n) is 16.1. The molecule has 2 aliphatic rings. The number of rotatable bonds is 5. The fourth-order valence-electron chi connectivity index (χ4n) is 3.76. The van der Waals surface area contributed by atoms with Crippen LogP contribution in [0.2, 0.25) is 0 Å². The Morgan fingerprint density at radius 3 is 2.50 bits per heavy atom. The number of hydrogen-bond acceptors (Lipinski definition) is 3. The maximum atomic E-state index is 12.4. The van der Waals surface area contributed by atoms with Crippen LogP contribution in [0.5, 0.6) is 0 Å². The van der Waals surface area contributed by atoms with Crippen molar-refractivity contribution in [3.63, 3.8) is 0 Å². The summed E-state index contributed by atoms with van der Waals surface area (Å²) in [7, 11) is 0. The fourth-order valence-corrected chi connectivity index (χ4v) is 3.76. The first kappa shape index (κ1) is 18.5. The molecule has 2 atom stereocenters. The van der Waals surface area contributed by atoms with Crippen molar-refractivity contribution in [3.8, 4) is 0 Å². The Morgan fingerprint density at radius 2 is 1.82 bits per heavy atom. The minimum atomic E-state index is -0.0543. The number of nitrogens with zero attached hydrogens (tertiary/aromatic N) is 1. The summed E-state index contributed by atoms with van der Waals surface area (Å²) in [6.07, 6.45) is 5.87. The number of carbonyl (C=O) groups is 2. The van der Waals surface area contributed by atoms with Gasteiger partial charge < -0.3 is 14.6 Å². The van der Waals surface area contributed by atoms with Gasteiger partial charge >= 0.3 is 0 Å². The van der Waals surface area contributed by atoms with Gasteiger partial charge in [-0.3, -0.25) is 9.59 Å². The first-order valence-corrected chi connectivity index (χ1v) is 10.0. The highest BCUT2D eigenvalue weighted by Gasteiger charge is 2.36. The van der Waals surface area contributed by atoms with E-state index in [0.29, 0.717) is 37.8 Å². The molecule has 0 radical (unpaired) electrons. The molecule has 2 amide bonds. The first-order chi connectivity index (χ1) is 13.6. The quantitative estimate of drug-likeness (QED) is 0.790. The number of amides is 2. The van der Waals surface area contributed by atoms with Crippen LogP contribution in [0.4, 0.5) is 5.69 Å². The summed E-state index contributed by atoms with van der Waals surface area (Å²) in [6, 6.07) is 13.4. The number of piperidine rings is 1. The Morgan fingerprint density at radius 1 is 1.11 bits per heavy atom. The summed E-state index contributed by atoms with van der Waals surface area (Å²) in [6.45, 7) is 3.41. The van der Waals surface area contributed by atoms with Crippen LogP contribution in [-0.4, -0.2) is 29.8 Å². The molecule has 1 aromatic carbocycles. The lowest BCUT2D eigenvalue weighted by Gasteiger charge is -2.30. The molecule has 2 aromatic rings. The second kappa shape index (κ2) is 8.05. The number of benzene rings is 1. The normalized spacial score (nSPS) is 22.4. The summed E-state index contributed by atoms with van der Waals surface area (Å²) in [5.74, 6) is 2.93. The number of furan rings is 1. The van der Waals surface area contributed by atoms with E-state index in [1.807, 2.05) is 42.5 Å². The number of para-hydroxylation sites is 1. The molecule has 1 saturated heterocycles. The number of likely N-dealkylation sites (tertiary alicyclic amines) is 1. The molecule has 4 rings (SSSR count). The van der Waals surface area contributed by atoms with Gasteiger partial charge in [0, 0.05) is 36.7 Å². The van der Waals surface area contributed by atoms with Crippen molar-refractivity contribution in [2.75, 3.05) is 18.4 Å². The smallest absolute Gasteiger partial charge is 0.246 e. The number of carbonyl (C=O) groups excluding carboxylic acids is 2. The van der Waals surface area contributed by atoms with E-state index in [2.05, 4.69) is 12.2 Å². The van der Waals surface area contributed by atoms with Gasteiger partial charge in [0.1, 0.15) is 11.5 Å². The van der Waals surface area contributed by atoms with Crippen LogP contribution in [0.25, 0.3) is 6.08 Å². The van der Waals surface area contributed by atoms with Gasteiger partial charge in [0.15, 0.2) is 0 Å². The lowest BCUT2D eigenvalue weighted by atomic mass is 9.95. The molecule has 5 heteroatoms. The van der Waals surface area contributed by atoms with E-state index in [9.17, 15) is 9.59 Å². The molecule has 1 aliphatic heterocycles. The van der Waals surface area contributed by atoms with Gasteiger partial charge in [0.25, 0.3) is 0 Å². The SMILES string of the molecule is CC1CC1c1ccc(/C=C/C(=O)N2CCC(C(=O)Nc3ccccc3)CC2)o1. The topological polar surface area (TPSA) is 62.6 Å².